The number of aryl methyl sites for hydroxylation is 1. The summed E-state index contributed by atoms with van der Waals surface area (Å²) >= 11 is 0. The van der Waals surface area contributed by atoms with E-state index in [0.29, 0.717) is 0 Å². The van der Waals surface area contributed by atoms with Crippen molar-refractivity contribution >= 4 is 30.5 Å². The average molecular weight is 423 g/mol. The van der Waals surface area contributed by atoms with Gasteiger partial charge in [-0.15, -0.1) is 24.8 Å². The first-order valence-corrected chi connectivity index (χ1v) is 9.35. The van der Waals surface area contributed by atoms with E-state index in [2.05, 4.69) is 74.8 Å². The lowest BCUT2D eigenvalue weighted by Gasteiger charge is -2.24. The molecule has 2 aromatic heterocycles. The van der Waals surface area contributed by atoms with Crippen LogP contribution in [0.4, 0.5) is 5.69 Å². The quantitative estimate of drug-likeness (QED) is 0.659. The molecule has 0 amide bonds. The van der Waals surface area contributed by atoms with Crippen LogP contribution in [-0.2, 0) is 19.6 Å². The van der Waals surface area contributed by atoms with Gasteiger partial charge in [0.05, 0.1) is 12.2 Å². The van der Waals surface area contributed by atoms with E-state index in [4.69, 9.17) is 5.10 Å². The van der Waals surface area contributed by atoms with Gasteiger partial charge in [-0.3, -0.25) is 4.68 Å². The number of nitrogens with zero attached hydrogens (tertiary/aromatic N) is 5. The molecule has 6 nitrogen and oxygen atoms in total. The van der Waals surface area contributed by atoms with Gasteiger partial charge in [0.15, 0.2) is 5.82 Å². The zero-order valence-electron chi connectivity index (χ0n) is 16.3. The van der Waals surface area contributed by atoms with Crippen molar-refractivity contribution in [3.05, 3.63) is 54.0 Å². The minimum atomic E-state index is 0. The molecule has 3 heterocycles. The molecule has 0 saturated heterocycles. The second kappa shape index (κ2) is 9.96. The lowest BCUT2D eigenvalue weighted by molar-refractivity contribution is 0.476. The first-order chi connectivity index (χ1) is 12.7. The van der Waals surface area contributed by atoms with Crippen molar-refractivity contribution in [3.63, 3.8) is 0 Å². The highest BCUT2D eigenvalue weighted by Gasteiger charge is 2.16. The summed E-state index contributed by atoms with van der Waals surface area (Å²) in [5.74, 6) is 0.951. The minimum Gasteiger partial charge on any atom is -0.370 e. The predicted molar refractivity (Wildman–Crippen MR) is 119 cm³/mol. The Morgan fingerprint density at radius 3 is 2.82 bits per heavy atom. The lowest BCUT2D eigenvalue weighted by Crippen LogP contribution is -2.28. The Bertz CT molecular complexity index is 865. The Kier molecular flexibility index (Phi) is 7.92. The molecule has 0 radical (unpaired) electrons. The highest BCUT2D eigenvalue weighted by molar-refractivity contribution is 5.85. The molecule has 3 aromatic rings. The van der Waals surface area contributed by atoms with E-state index in [1.54, 1.807) is 0 Å². The monoisotopic (exact) mass is 422 g/mol. The van der Waals surface area contributed by atoms with Crippen molar-refractivity contribution in [3.8, 4) is 11.5 Å². The Morgan fingerprint density at radius 2 is 2.07 bits per heavy atom. The lowest BCUT2D eigenvalue weighted by atomic mass is 10.2. The number of imidazole rings is 1. The molecule has 4 rings (SSSR count). The van der Waals surface area contributed by atoms with E-state index in [-0.39, 0.29) is 24.8 Å². The fourth-order valence-electron chi connectivity index (χ4n) is 3.55. The van der Waals surface area contributed by atoms with Crippen LogP contribution in [0.5, 0.6) is 0 Å². The van der Waals surface area contributed by atoms with Gasteiger partial charge in [-0.05, 0) is 37.6 Å². The molecule has 0 aliphatic carbocycles. The molecule has 0 atom stereocenters. The number of likely N-dealkylation sites (N-methyl/N-ethyl adjacent to an activating group) is 1. The van der Waals surface area contributed by atoms with Gasteiger partial charge in [0, 0.05) is 50.8 Å². The summed E-state index contributed by atoms with van der Waals surface area (Å²) in [6.45, 7) is 9.93. The topological polar surface area (TPSA) is 50.9 Å². The number of anilines is 1. The maximum absolute atomic E-state index is 4.75. The summed E-state index contributed by atoms with van der Waals surface area (Å²) in [4.78, 5) is 6.97. The van der Waals surface area contributed by atoms with Gasteiger partial charge in [-0.2, -0.15) is 5.10 Å². The van der Waals surface area contributed by atoms with Crippen molar-refractivity contribution < 1.29 is 0 Å². The largest absolute Gasteiger partial charge is 0.370 e. The van der Waals surface area contributed by atoms with Crippen LogP contribution < -0.4 is 10.2 Å². The van der Waals surface area contributed by atoms with Crippen LogP contribution in [0.3, 0.4) is 0 Å². The summed E-state index contributed by atoms with van der Waals surface area (Å²) in [6.07, 6.45) is 3.92. The van der Waals surface area contributed by atoms with Crippen molar-refractivity contribution in [1.29, 1.82) is 0 Å². The molecule has 1 aliphatic heterocycles. The van der Waals surface area contributed by atoms with Crippen molar-refractivity contribution in [2.75, 3.05) is 24.5 Å². The van der Waals surface area contributed by atoms with Crippen molar-refractivity contribution in [2.45, 2.75) is 33.5 Å². The number of rotatable bonds is 6. The third-order valence-electron chi connectivity index (χ3n) is 4.97. The highest BCUT2D eigenvalue weighted by atomic mass is 35.5. The standard InChI is InChI=1S/C20H26N6.2ClH/c1-3-24(17-6-4-5-16(2)13-17)11-12-25-9-8-22-20(25)19-14-18-15-21-7-10-26(18)23-19;;/h4-6,8-9,13-14,21H,3,7,10-12,15H2,1-2H3;2*1H. The molecule has 1 aliphatic rings. The summed E-state index contributed by atoms with van der Waals surface area (Å²) in [5.41, 5.74) is 4.77. The maximum atomic E-state index is 4.75. The van der Waals surface area contributed by atoms with E-state index in [1.165, 1.54) is 16.9 Å². The molecular weight excluding hydrogens is 395 g/mol. The fourth-order valence-corrected chi connectivity index (χ4v) is 3.55. The number of hydrogen-bond acceptors (Lipinski definition) is 4. The smallest absolute Gasteiger partial charge is 0.160 e. The summed E-state index contributed by atoms with van der Waals surface area (Å²) in [6, 6.07) is 10.8. The molecule has 28 heavy (non-hydrogen) atoms. The number of benzene rings is 1. The van der Waals surface area contributed by atoms with Crippen LogP contribution in [0.25, 0.3) is 11.5 Å². The average Bonchev–Trinajstić information content (AvgIpc) is 3.28. The zero-order chi connectivity index (χ0) is 17.9. The summed E-state index contributed by atoms with van der Waals surface area (Å²) in [7, 11) is 0. The number of hydrogen-bond donors (Lipinski definition) is 1. The number of nitrogens with one attached hydrogen (secondary N) is 1. The van der Waals surface area contributed by atoms with E-state index >= 15 is 0 Å². The second-order valence-electron chi connectivity index (χ2n) is 6.78. The third kappa shape index (κ3) is 4.69. The molecule has 8 heteroatoms. The maximum Gasteiger partial charge on any atom is 0.160 e. The van der Waals surface area contributed by atoms with Crippen LogP contribution in [0.2, 0.25) is 0 Å². The SMILES string of the molecule is CCN(CCn1ccnc1-c1cc2n(n1)CCNC2)c1cccc(C)c1.Cl.Cl. The number of fused-ring (bicyclic) bond motifs is 1. The molecule has 0 saturated carbocycles. The normalized spacial score (nSPS) is 12.6. The van der Waals surface area contributed by atoms with Crippen molar-refractivity contribution in [2.24, 2.45) is 0 Å². The second-order valence-corrected chi connectivity index (χ2v) is 6.78. The van der Waals surface area contributed by atoms with Crippen LogP contribution in [0.15, 0.2) is 42.7 Å². The van der Waals surface area contributed by atoms with Gasteiger partial charge < -0.3 is 14.8 Å². The Hall–Kier alpha value is -2.02. The van der Waals surface area contributed by atoms with Gasteiger partial charge in [-0.25, -0.2) is 4.98 Å². The van der Waals surface area contributed by atoms with Crippen LogP contribution in [-0.4, -0.2) is 39.0 Å². The molecule has 0 spiro atoms. The van der Waals surface area contributed by atoms with E-state index < -0.39 is 0 Å². The van der Waals surface area contributed by atoms with Gasteiger partial charge in [0.2, 0.25) is 0 Å². The highest BCUT2D eigenvalue weighted by Crippen LogP contribution is 2.20. The minimum absolute atomic E-state index is 0. The zero-order valence-corrected chi connectivity index (χ0v) is 18.0. The molecule has 0 unspecified atom stereocenters. The first kappa shape index (κ1) is 22.3. The van der Waals surface area contributed by atoms with Gasteiger partial charge >= 0.3 is 0 Å². The molecule has 152 valence electrons. The predicted octanol–water partition coefficient (Wildman–Crippen LogP) is 3.53. The molecule has 0 fully saturated rings. The summed E-state index contributed by atoms with van der Waals surface area (Å²) in [5, 5.41) is 8.14. The molecule has 0 bridgehead atoms. The van der Waals surface area contributed by atoms with Crippen LogP contribution in [0, 0.1) is 6.92 Å². The fraction of sp³-hybridized carbons (Fsp3) is 0.400. The van der Waals surface area contributed by atoms with E-state index in [0.717, 1.165) is 50.8 Å². The van der Waals surface area contributed by atoms with E-state index in [9.17, 15) is 0 Å². The van der Waals surface area contributed by atoms with Gasteiger partial charge in [0.1, 0.15) is 5.69 Å². The summed E-state index contributed by atoms with van der Waals surface area (Å²) < 4.78 is 4.30. The van der Waals surface area contributed by atoms with Crippen molar-refractivity contribution in [1.82, 2.24) is 24.6 Å². The van der Waals surface area contributed by atoms with Crippen LogP contribution >= 0.6 is 24.8 Å². The molecular formula is C20H28Cl2N6. The Balaban J connectivity index is 0.00000140. The van der Waals surface area contributed by atoms with Crippen LogP contribution in [0.1, 0.15) is 18.2 Å². The molecule has 1 N–H and O–H groups in total. The Labute approximate surface area is 178 Å². The Morgan fingerprint density at radius 1 is 1.21 bits per heavy atom. The third-order valence-corrected chi connectivity index (χ3v) is 4.97. The first-order valence-electron chi connectivity index (χ1n) is 9.35. The number of aromatic nitrogens is 4. The molecule has 1 aromatic carbocycles. The van der Waals surface area contributed by atoms with Gasteiger partial charge in [0.25, 0.3) is 0 Å². The van der Waals surface area contributed by atoms with E-state index in [1.807, 2.05) is 6.20 Å². The number of halogens is 2. The van der Waals surface area contributed by atoms with Gasteiger partial charge in [-0.1, -0.05) is 12.1 Å².